The molecule has 0 spiro atoms. The van der Waals surface area contributed by atoms with Gasteiger partial charge in [0.2, 0.25) is 5.91 Å². The van der Waals surface area contributed by atoms with Crippen molar-refractivity contribution in [2.24, 2.45) is 7.05 Å². The molecule has 0 radical (unpaired) electrons. The smallest absolute Gasteiger partial charge is 0.282 e. The van der Waals surface area contributed by atoms with Crippen molar-refractivity contribution in [3.63, 3.8) is 0 Å². The molecule has 132 valence electrons. The lowest BCUT2D eigenvalue weighted by Gasteiger charge is -2.44. The summed E-state index contributed by atoms with van der Waals surface area (Å²) in [5.41, 5.74) is 1.76. The largest absolute Gasteiger partial charge is 0.381 e. The van der Waals surface area contributed by atoms with Crippen molar-refractivity contribution in [2.45, 2.75) is 37.3 Å². The first-order chi connectivity index (χ1) is 11.4. The molecule has 8 heteroatoms. The van der Waals surface area contributed by atoms with Crippen molar-refractivity contribution in [1.29, 1.82) is 0 Å². The van der Waals surface area contributed by atoms with E-state index in [4.69, 9.17) is 4.74 Å². The standard InChI is InChI=1S/C16H22F2N4O2/c1-20-10-19-13-7-21(11-2-4-24-5-3-11)6-12(14(13)20)15(23)22-8-16(17,18)9-22/h10-12H,2-9H2,1H3/t12-/m1/s1. The van der Waals surface area contributed by atoms with E-state index in [2.05, 4.69) is 9.88 Å². The molecule has 0 bridgehead atoms. The lowest BCUT2D eigenvalue weighted by atomic mass is 9.92. The highest BCUT2D eigenvalue weighted by atomic mass is 19.3. The van der Waals surface area contributed by atoms with Crippen LogP contribution in [-0.2, 0) is 23.1 Å². The zero-order chi connectivity index (χ0) is 16.9. The molecule has 0 N–H and O–H groups in total. The van der Waals surface area contributed by atoms with Crippen molar-refractivity contribution in [3.8, 4) is 0 Å². The maximum atomic E-state index is 13.2. The number of hydrogen-bond acceptors (Lipinski definition) is 4. The van der Waals surface area contributed by atoms with Gasteiger partial charge in [-0.3, -0.25) is 9.69 Å². The summed E-state index contributed by atoms with van der Waals surface area (Å²) >= 11 is 0. The second kappa shape index (κ2) is 5.77. The molecule has 0 saturated carbocycles. The Kier molecular flexibility index (Phi) is 3.84. The molecule has 4 heterocycles. The van der Waals surface area contributed by atoms with Gasteiger partial charge in [0.25, 0.3) is 5.92 Å². The number of aromatic nitrogens is 2. The maximum absolute atomic E-state index is 13.2. The number of fused-ring (bicyclic) bond motifs is 1. The fourth-order valence-electron chi connectivity index (χ4n) is 4.05. The number of alkyl halides is 2. The van der Waals surface area contributed by atoms with Crippen LogP contribution >= 0.6 is 0 Å². The summed E-state index contributed by atoms with van der Waals surface area (Å²) in [5, 5.41) is 0. The van der Waals surface area contributed by atoms with Crippen molar-refractivity contribution in [1.82, 2.24) is 19.4 Å². The van der Waals surface area contributed by atoms with E-state index >= 15 is 0 Å². The summed E-state index contributed by atoms with van der Waals surface area (Å²) < 4.78 is 33.6. The number of rotatable bonds is 2. The maximum Gasteiger partial charge on any atom is 0.282 e. The average molecular weight is 340 g/mol. The van der Waals surface area contributed by atoms with Gasteiger partial charge in [0, 0.05) is 39.4 Å². The Bertz CT molecular complexity index is 634. The Morgan fingerprint density at radius 2 is 2.04 bits per heavy atom. The van der Waals surface area contributed by atoms with Crippen molar-refractivity contribution in [3.05, 3.63) is 17.7 Å². The lowest BCUT2D eigenvalue weighted by Crippen LogP contribution is -2.60. The Hall–Kier alpha value is -1.54. The SMILES string of the molecule is Cn1cnc2c1[C@H](C(=O)N1CC(F)(F)C1)CN(C1CCOCC1)C2. The van der Waals surface area contributed by atoms with Crippen LogP contribution in [0.1, 0.15) is 30.1 Å². The van der Waals surface area contributed by atoms with E-state index in [1.54, 1.807) is 6.33 Å². The fourth-order valence-corrected chi connectivity index (χ4v) is 4.05. The zero-order valence-corrected chi connectivity index (χ0v) is 13.8. The van der Waals surface area contributed by atoms with Crippen LogP contribution in [0.15, 0.2) is 6.33 Å². The van der Waals surface area contributed by atoms with Crippen LogP contribution < -0.4 is 0 Å². The Morgan fingerprint density at radius 3 is 2.71 bits per heavy atom. The van der Waals surface area contributed by atoms with Crippen molar-refractivity contribution >= 4 is 5.91 Å². The normalized spacial score (nSPS) is 27.6. The number of carbonyl (C=O) groups excluding carboxylic acids is 1. The Labute approximate surface area is 139 Å². The fraction of sp³-hybridized carbons (Fsp3) is 0.750. The molecule has 0 aliphatic carbocycles. The monoisotopic (exact) mass is 340 g/mol. The molecular formula is C16H22F2N4O2. The summed E-state index contributed by atoms with van der Waals surface area (Å²) in [4.78, 5) is 20.8. The van der Waals surface area contributed by atoms with Crippen LogP contribution in [-0.4, -0.2) is 70.1 Å². The number of hydrogen-bond donors (Lipinski definition) is 0. The minimum Gasteiger partial charge on any atom is -0.381 e. The molecule has 3 aliphatic rings. The molecule has 4 rings (SSSR count). The van der Waals surface area contributed by atoms with Crippen LogP contribution in [0.3, 0.4) is 0 Å². The molecule has 6 nitrogen and oxygen atoms in total. The topological polar surface area (TPSA) is 50.6 Å². The Balaban J connectivity index is 1.57. The Morgan fingerprint density at radius 1 is 1.33 bits per heavy atom. The predicted molar refractivity (Wildman–Crippen MR) is 81.7 cm³/mol. The van der Waals surface area contributed by atoms with E-state index in [9.17, 15) is 13.6 Å². The summed E-state index contributed by atoms with van der Waals surface area (Å²) in [6, 6.07) is 0.363. The molecule has 0 unspecified atom stereocenters. The molecule has 2 saturated heterocycles. The third kappa shape index (κ3) is 2.71. The van der Waals surface area contributed by atoms with E-state index in [0.29, 0.717) is 19.1 Å². The van der Waals surface area contributed by atoms with Gasteiger partial charge in [-0.1, -0.05) is 0 Å². The van der Waals surface area contributed by atoms with Crippen LogP contribution in [0.2, 0.25) is 0 Å². The lowest BCUT2D eigenvalue weighted by molar-refractivity contribution is -0.168. The first kappa shape index (κ1) is 16.0. The third-order valence-electron chi connectivity index (χ3n) is 5.32. The summed E-state index contributed by atoms with van der Waals surface area (Å²) in [6.07, 6.45) is 3.58. The average Bonchev–Trinajstić information content (AvgIpc) is 2.93. The van der Waals surface area contributed by atoms with Gasteiger partial charge >= 0.3 is 0 Å². The van der Waals surface area contributed by atoms with Gasteiger partial charge in [-0.2, -0.15) is 0 Å². The molecule has 1 atom stereocenters. The number of carbonyl (C=O) groups is 1. The highest BCUT2D eigenvalue weighted by Gasteiger charge is 2.49. The van der Waals surface area contributed by atoms with Gasteiger partial charge in [-0.05, 0) is 12.8 Å². The number of halogens is 2. The minimum atomic E-state index is -2.74. The molecular weight excluding hydrogens is 318 g/mol. The number of likely N-dealkylation sites (tertiary alicyclic amines) is 1. The molecule has 0 aromatic carbocycles. The van der Waals surface area contributed by atoms with Crippen LogP contribution in [0.25, 0.3) is 0 Å². The number of amides is 1. The number of imidazole rings is 1. The van der Waals surface area contributed by atoms with E-state index in [1.165, 1.54) is 4.90 Å². The molecule has 2 fully saturated rings. The van der Waals surface area contributed by atoms with Gasteiger partial charge in [0.15, 0.2) is 0 Å². The van der Waals surface area contributed by atoms with Crippen LogP contribution in [0, 0.1) is 0 Å². The van der Waals surface area contributed by atoms with Gasteiger partial charge in [-0.15, -0.1) is 0 Å². The molecule has 3 aliphatic heterocycles. The second-order valence-corrected chi connectivity index (χ2v) is 7.06. The van der Waals surface area contributed by atoms with E-state index in [0.717, 1.165) is 37.4 Å². The highest BCUT2D eigenvalue weighted by molar-refractivity contribution is 5.85. The predicted octanol–water partition coefficient (Wildman–Crippen LogP) is 0.976. The molecule has 1 amide bonds. The quantitative estimate of drug-likeness (QED) is 0.805. The second-order valence-electron chi connectivity index (χ2n) is 7.06. The number of nitrogens with zero attached hydrogens (tertiary/aromatic N) is 4. The summed E-state index contributed by atoms with van der Waals surface area (Å²) in [7, 11) is 1.86. The zero-order valence-electron chi connectivity index (χ0n) is 13.8. The number of aryl methyl sites for hydroxylation is 1. The summed E-state index contributed by atoms with van der Waals surface area (Å²) in [5.74, 6) is -3.36. The van der Waals surface area contributed by atoms with Crippen molar-refractivity contribution < 1.29 is 18.3 Å². The highest BCUT2D eigenvalue weighted by Crippen LogP contribution is 2.35. The first-order valence-corrected chi connectivity index (χ1v) is 8.43. The van der Waals surface area contributed by atoms with E-state index in [-0.39, 0.29) is 5.91 Å². The molecule has 1 aromatic heterocycles. The van der Waals surface area contributed by atoms with Gasteiger partial charge in [-0.25, -0.2) is 13.8 Å². The summed E-state index contributed by atoms with van der Waals surface area (Å²) in [6.45, 7) is 1.80. The van der Waals surface area contributed by atoms with E-state index in [1.807, 2.05) is 11.6 Å². The molecule has 24 heavy (non-hydrogen) atoms. The van der Waals surface area contributed by atoms with Crippen LogP contribution in [0.5, 0.6) is 0 Å². The van der Waals surface area contributed by atoms with Crippen molar-refractivity contribution in [2.75, 3.05) is 32.8 Å². The van der Waals surface area contributed by atoms with Crippen LogP contribution in [0.4, 0.5) is 8.78 Å². The van der Waals surface area contributed by atoms with Gasteiger partial charge in [0.05, 0.1) is 36.7 Å². The van der Waals surface area contributed by atoms with Gasteiger partial charge < -0.3 is 14.2 Å². The first-order valence-electron chi connectivity index (χ1n) is 8.43. The minimum absolute atomic E-state index is 0.206. The van der Waals surface area contributed by atoms with Gasteiger partial charge in [0.1, 0.15) is 0 Å². The molecule has 1 aromatic rings. The third-order valence-corrected chi connectivity index (χ3v) is 5.32. The number of ether oxygens (including phenoxy) is 1. The van der Waals surface area contributed by atoms with E-state index < -0.39 is 24.9 Å².